The summed E-state index contributed by atoms with van der Waals surface area (Å²) < 4.78 is 19.0. The van der Waals surface area contributed by atoms with Crippen LogP contribution in [0.2, 0.25) is 0 Å². The van der Waals surface area contributed by atoms with Crippen LogP contribution in [0.3, 0.4) is 0 Å². The van der Waals surface area contributed by atoms with Gasteiger partial charge in [0.15, 0.2) is 0 Å². The average molecular weight is 280 g/mol. The number of carbonyl (C=O) groups excluding carboxylic acids is 1. The van der Waals surface area contributed by atoms with E-state index >= 15 is 0 Å². The lowest BCUT2D eigenvalue weighted by Crippen LogP contribution is -2.47. The third-order valence-electron chi connectivity index (χ3n) is 3.57. The molecule has 0 bridgehead atoms. The molecule has 1 aromatic carbocycles. The van der Waals surface area contributed by atoms with E-state index in [1.807, 2.05) is 6.92 Å². The summed E-state index contributed by atoms with van der Waals surface area (Å²) in [6.45, 7) is 2.63. The maximum atomic E-state index is 13.8. The Balaban J connectivity index is 2.03. The summed E-state index contributed by atoms with van der Waals surface area (Å²) in [6.07, 6.45) is 2.73. The van der Waals surface area contributed by atoms with Gasteiger partial charge in [-0.25, -0.2) is 4.39 Å². The molecule has 2 N–H and O–H groups in total. The van der Waals surface area contributed by atoms with Crippen molar-refractivity contribution in [3.63, 3.8) is 0 Å². The second kappa shape index (κ2) is 6.70. The van der Waals surface area contributed by atoms with Gasteiger partial charge in [-0.05, 0) is 31.4 Å². The van der Waals surface area contributed by atoms with E-state index < -0.39 is 5.82 Å². The summed E-state index contributed by atoms with van der Waals surface area (Å²) in [7, 11) is 1.67. The fourth-order valence-electron chi connectivity index (χ4n) is 2.28. The number of amides is 1. The quantitative estimate of drug-likeness (QED) is 0.842. The summed E-state index contributed by atoms with van der Waals surface area (Å²) >= 11 is 0. The van der Waals surface area contributed by atoms with Crippen molar-refractivity contribution >= 4 is 11.6 Å². The minimum Gasteiger partial charge on any atom is -0.382 e. The van der Waals surface area contributed by atoms with Crippen molar-refractivity contribution in [1.29, 1.82) is 0 Å². The molecule has 0 aromatic heterocycles. The fraction of sp³-hybridized carbons (Fsp3) is 0.533. The summed E-state index contributed by atoms with van der Waals surface area (Å²) in [6, 6.07) is 4.68. The second-order valence-corrected chi connectivity index (χ2v) is 5.09. The summed E-state index contributed by atoms with van der Waals surface area (Å²) in [5, 5.41) is 5.90. The van der Waals surface area contributed by atoms with Crippen LogP contribution in [0.25, 0.3) is 0 Å². The largest absolute Gasteiger partial charge is 0.382 e. The highest BCUT2D eigenvalue weighted by Crippen LogP contribution is 2.24. The first-order valence-corrected chi connectivity index (χ1v) is 7.01. The van der Waals surface area contributed by atoms with E-state index in [0.29, 0.717) is 12.1 Å². The first kappa shape index (κ1) is 14.8. The third kappa shape index (κ3) is 3.28. The van der Waals surface area contributed by atoms with Gasteiger partial charge in [-0.1, -0.05) is 13.0 Å². The highest BCUT2D eigenvalue weighted by atomic mass is 19.1. The molecule has 0 heterocycles. The number of hydrogen-bond acceptors (Lipinski definition) is 3. The Morgan fingerprint density at radius 1 is 1.45 bits per heavy atom. The lowest BCUT2D eigenvalue weighted by atomic mass is 9.89. The van der Waals surface area contributed by atoms with E-state index in [-0.39, 0.29) is 23.7 Å². The van der Waals surface area contributed by atoms with E-state index in [2.05, 4.69) is 10.6 Å². The molecule has 0 atom stereocenters. The maximum absolute atomic E-state index is 13.8. The SMILES string of the molecule is CCCNc1c(F)cccc1C(=O)NC1CC(OC)C1. The van der Waals surface area contributed by atoms with Gasteiger partial charge < -0.3 is 15.4 Å². The number of benzene rings is 1. The van der Waals surface area contributed by atoms with Gasteiger partial charge >= 0.3 is 0 Å². The normalized spacial score (nSPS) is 21.1. The molecular formula is C15H21FN2O2. The van der Waals surface area contributed by atoms with Crippen LogP contribution in [0.1, 0.15) is 36.5 Å². The van der Waals surface area contributed by atoms with Gasteiger partial charge in [0.25, 0.3) is 5.91 Å². The second-order valence-electron chi connectivity index (χ2n) is 5.09. The van der Waals surface area contributed by atoms with Crippen LogP contribution in [0.15, 0.2) is 18.2 Å². The summed E-state index contributed by atoms with van der Waals surface area (Å²) in [5.41, 5.74) is 0.647. The van der Waals surface area contributed by atoms with Crippen LogP contribution in [-0.2, 0) is 4.74 Å². The van der Waals surface area contributed by atoms with Gasteiger partial charge in [0.1, 0.15) is 5.82 Å². The topological polar surface area (TPSA) is 50.4 Å². The first-order chi connectivity index (χ1) is 9.65. The smallest absolute Gasteiger partial charge is 0.253 e. The van der Waals surface area contributed by atoms with Gasteiger partial charge in [0.05, 0.1) is 17.4 Å². The number of hydrogen-bond donors (Lipinski definition) is 2. The average Bonchev–Trinajstić information content (AvgIpc) is 2.40. The Kier molecular flexibility index (Phi) is 4.95. The standard InChI is InChI=1S/C15H21FN2O2/c1-3-7-17-14-12(5-4-6-13(14)16)15(19)18-10-8-11(9-10)20-2/h4-6,10-11,17H,3,7-9H2,1-2H3,(H,18,19). The van der Waals surface area contributed by atoms with Crippen LogP contribution in [0, 0.1) is 5.82 Å². The van der Waals surface area contributed by atoms with Crippen LogP contribution >= 0.6 is 0 Å². The molecule has 20 heavy (non-hydrogen) atoms. The number of ether oxygens (including phenoxy) is 1. The minimum atomic E-state index is -0.394. The summed E-state index contributed by atoms with van der Waals surface area (Å²) in [5.74, 6) is -0.628. The Morgan fingerprint density at radius 2 is 2.20 bits per heavy atom. The lowest BCUT2D eigenvalue weighted by Gasteiger charge is -2.34. The van der Waals surface area contributed by atoms with Crippen LogP contribution in [-0.4, -0.2) is 31.7 Å². The minimum absolute atomic E-state index is 0.120. The van der Waals surface area contributed by atoms with Crippen molar-refractivity contribution in [1.82, 2.24) is 5.32 Å². The highest BCUT2D eigenvalue weighted by molar-refractivity contribution is 5.99. The Morgan fingerprint density at radius 3 is 2.85 bits per heavy atom. The van der Waals surface area contributed by atoms with Crippen molar-refractivity contribution in [3.05, 3.63) is 29.6 Å². The molecule has 1 aliphatic rings. The Hall–Kier alpha value is -1.62. The van der Waals surface area contributed by atoms with Crippen molar-refractivity contribution in [2.24, 2.45) is 0 Å². The van der Waals surface area contributed by atoms with E-state index in [9.17, 15) is 9.18 Å². The van der Waals surface area contributed by atoms with Crippen molar-refractivity contribution < 1.29 is 13.9 Å². The van der Waals surface area contributed by atoms with Crippen molar-refractivity contribution in [3.8, 4) is 0 Å². The number of halogens is 1. The molecule has 1 fully saturated rings. The van der Waals surface area contributed by atoms with Gasteiger partial charge in [0, 0.05) is 19.7 Å². The molecule has 1 saturated carbocycles. The van der Waals surface area contributed by atoms with Gasteiger partial charge in [0.2, 0.25) is 0 Å². The lowest BCUT2D eigenvalue weighted by molar-refractivity contribution is 0.0176. The Labute approximate surface area is 118 Å². The fourth-order valence-corrected chi connectivity index (χ4v) is 2.28. The molecule has 2 rings (SSSR count). The zero-order chi connectivity index (χ0) is 14.5. The number of nitrogens with one attached hydrogen (secondary N) is 2. The number of carbonyl (C=O) groups is 1. The van der Waals surface area contributed by atoms with E-state index in [0.717, 1.165) is 19.3 Å². The molecule has 110 valence electrons. The van der Waals surface area contributed by atoms with Crippen molar-refractivity contribution in [2.45, 2.75) is 38.3 Å². The van der Waals surface area contributed by atoms with E-state index in [1.165, 1.54) is 6.07 Å². The molecular weight excluding hydrogens is 259 g/mol. The van der Waals surface area contributed by atoms with Crippen molar-refractivity contribution in [2.75, 3.05) is 19.0 Å². The predicted octanol–water partition coefficient (Wildman–Crippen LogP) is 2.55. The number of anilines is 1. The molecule has 0 radical (unpaired) electrons. The van der Waals surface area contributed by atoms with Gasteiger partial charge in [-0.3, -0.25) is 4.79 Å². The van der Waals surface area contributed by atoms with Crippen LogP contribution in [0.5, 0.6) is 0 Å². The van der Waals surface area contributed by atoms with Gasteiger partial charge in [-0.2, -0.15) is 0 Å². The van der Waals surface area contributed by atoms with Crippen LogP contribution < -0.4 is 10.6 Å². The third-order valence-corrected chi connectivity index (χ3v) is 3.57. The monoisotopic (exact) mass is 280 g/mol. The number of rotatable bonds is 6. The number of para-hydroxylation sites is 1. The maximum Gasteiger partial charge on any atom is 0.253 e. The molecule has 1 aliphatic carbocycles. The molecule has 0 unspecified atom stereocenters. The zero-order valence-corrected chi connectivity index (χ0v) is 11.9. The number of methoxy groups -OCH3 is 1. The first-order valence-electron chi connectivity index (χ1n) is 7.01. The van der Waals surface area contributed by atoms with Gasteiger partial charge in [-0.15, -0.1) is 0 Å². The molecule has 4 nitrogen and oxygen atoms in total. The zero-order valence-electron chi connectivity index (χ0n) is 11.9. The summed E-state index contributed by atoms with van der Waals surface area (Å²) in [4.78, 5) is 12.2. The molecule has 0 aliphatic heterocycles. The molecule has 1 aromatic rings. The molecule has 1 amide bonds. The van der Waals surface area contributed by atoms with E-state index in [4.69, 9.17) is 4.74 Å². The molecule has 5 heteroatoms. The van der Waals surface area contributed by atoms with E-state index in [1.54, 1.807) is 19.2 Å². The molecule has 0 saturated heterocycles. The van der Waals surface area contributed by atoms with Crippen LogP contribution in [0.4, 0.5) is 10.1 Å². The molecule has 0 spiro atoms. The Bertz CT molecular complexity index is 473. The predicted molar refractivity (Wildman–Crippen MR) is 76.5 cm³/mol. The highest BCUT2D eigenvalue weighted by Gasteiger charge is 2.30.